The molecule has 1 aliphatic heterocycles. The van der Waals surface area contributed by atoms with Crippen LogP contribution in [0.15, 0.2) is 18.5 Å². The molecule has 5 heteroatoms. The van der Waals surface area contributed by atoms with E-state index >= 15 is 0 Å². The summed E-state index contributed by atoms with van der Waals surface area (Å²) in [6, 6.07) is 2.14. The first-order valence-electron chi connectivity index (χ1n) is 8.46. The summed E-state index contributed by atoms with van der Waals surface area (Å²) >= 11 is 0. The number of carbonyl (C=O) groups is 1. The first-order valence-corrected chi connectivity index (χ1v) is 8.46. The van der Waals surface area contributed by atoms with Crippen LogP contribution in [-0.2, 0) is 18.3 Å². The molecule has 1 fully saturated rings. The maximum Gasteiger partial charge on any atom is 0.410 e. The molecule has 130 valence electrons. The van der Waals surface area contributed by atoms with E-state index in [4.69, 9.17) is 4.74 Å². The van der Waals surface area contributed by atoms with Crippen LogP contribution in [-0.4, -0.2) is 40.8 Å². The van der Waals surface area contributed by atoms with Crippen LogP contribution in [0.3, 0.4) is 0 Å². The predicted molar refractivity (Wildman–Crippen MR) is 92.3 cm³/mol. The molecule has 0 spiro atoms. The van der Waals surface area contributed by atoms with Crippen molar-refractivity contribution < 1.29 is 9.53 Å². The summed E-state index contributed by atoms with van der Waals surface area (Å²) in [5, 5.41) is 3.56. The van der Waals surface area contributed by atoms with Gasteiger partial charge in [-0.2, -0.15) is 0 Å². The number of ether oxygens (including phenoxy) is 1. The Balaban J connectivity index is 1.74. The van der Waals surface area contributed by atoms with E-state index in [9.17, 15) is 4.79 Å². The third-order valence-corrected chi connectivity index (χ3v) is 4.40. The van der Waals surface area contributed by atoms with Crippen LogP contribution in [0, 0.1) is 5.41 Å². The van der Waals surface area contributed by atoms with Crippen molar-refractivity contribution in [1.29, 1.82) is 0 Å². The Morgan fingerprint density at radius 1 is 1.35 bits per heavy atom. The molecule has 23 heavy (non-hydrogen) atoms. The number of aromatic nitrogens is 1. The van der Waals surface area contributed by atoms with Crippen LogP contribution in [0.1, 0.15) is 46.1 Å². The minimum atomic E-state index is -0.422. The Morgan fingerprint density at radius 3 is 2.52 bits per heavy atom. The molecular weight excluding hydrogens is 290 g/mol. The molecule has 0 radical (unpaired) electrons. The summed E-state index contributed by atoms with van der Waals surface area (Å²) in [6.07, 6.45) is 6.04. The van der Waals surface area contributed by atoms with E-state index in [-0.39, 0.29) is 11.5 Å². The molecule has 1 aliphatic rings. The quantitative estimate of drug-likeness (QED) is 0.926. The maximum absolute atomic E-state index is 12.1. The number of likely N-dealkylation sites (tertiary alicyclic amines) is 1. The summed E-state index contributed by atoms with van der Waals surface area (Å²) in [6.45, 7) is 11.5. The molecule has 0 atom stereocenters. The Hall–Kier alpha value is -1.49. The molecule has 0 unspecified atom stereocenters. The van der Waals surface area contributed by atoms with Gasteiger partial charge in [-0.15, -0.1) is 0 Å². The van der Waals surface area contributed by atoms with Gasteiger partial charge >= 0.3 is 6.09 Å². The zero-order chi connectivity index (χ0) is 17.1. The first kappa shape index (κ1) is 17.9. The van der Waals surface area contributed by atoms with Gasteiger partial charge in [0.2, 0.25) is 0 Å². The molecular formula is C18H31N3O2. The minimum Gasteiger partial charge on any atom is -0.444 e. The lowest BCUT2D eigenvalue weighted by Crippen LogP contribution is -2.47. The molecule has 0 saturated carbocycles. The lowest BCUT2D eigenvalue weighted by atomic mass is 9.80. The summed E-state index contributed by atoms with van der Waals surface area (Å²) in [5.74, 6) is 0. The zero-order valence-electron chi connectivity index (χ0n) is 15.2. The molecule has 1 aromatic rings. The fourth-order valence-electron chi connectivity index (χ4n) is 2.91. The van der Waals surface area contributed by atoms with Crippen LogP contribution >= 0.6 is 0 Å². The highest BCUT2D eigenvalue weighted by atomic mass is 16.6. The van der Waals surface area contributed by atoms with Gasteiger partial charge in [0.1, 0.15) is 5.60 Å². The second-order valence-electron chi connectivity index (χ2n) is 8.07. The number of aryl methyl sites for hydroxylation is 1. The van der Waals surface area contributed by atoms with Gasteiger partial charge < -0.3 is 19.5 Å². The van der Waals surface area contributed by atoms with Crippen LogP contribution < -0.4 is 5.32 Å². The van der Waals surface area contributed by atoms with E-state index in [0.29, 0.717) is 0 Å². The van der Waals surface area contributed by atoms with E-state index in [2.05, 4.69) is 35.3 Å². The zero-order valence-corrected chi connectivity index (χ0v) is 15.2. The number of hydrogen-bond acceptors (Lipinski definition) is 3. The monoisotopic (exact) mass is 321 g/mol. The number of piperidine rings is 1. The molecule has 2 heterocycles. The van der Waals surface area contributed by atoms with Crippen LogP contribution in [0.4, 0.5) is 4.79 Å². The normalized spacial score (nSPS) is 18.0. The fourth-order valence-corrected chi connectivity index (χ4v) is 2.91. The summed E-state index contributed by atoms with van der Waals surface area (Å²) in [4.78, 5) is 13.9. The van der Waals surface area contributed by atoms with Gasteiger partial charge in [0.25, 0.3) is 0 Å². The van der Waals surface area contributed by atoms with E-state index < -0.39 is 5.60 Å². The number of rotatable bonds is 4. The Kier molecular flexibility index (Phi) is 5.40. The third-order valence-electron chi connectivity index (χ3n) is 4.40. The van der Waals surface area contributed by atoms with Crippen molar-refractivity contribution >= 4 is 6.09 Å². The second-order valence-corrected chi connectivity index (χ2v) is 8.07. The van der Waals surface area contributed by atoms with Gasteiger partial charge in [0.05, 0.1) is 0 Å². The average molecular weight is 321 g/mol. The van der Waals surface area contributed by atoms with Gasteiger partial charge in [-0.1, -0.05) is 6.92 Å². The highest BCUT2D eigenvalue weighted by Crippen LogP contribution is 2.30. The molecule has 2 rings (SSSR count). The van der Waals surface area contributed by atoms with Crippen molar-refractivity contribution in [3.8, 4) is 0 Å². The van der Waals surface area contributed by atoms with Crippen LogP contribution in [0.5, 0.6) is 0 Å². The van der Waals surface area contributed by atoms with Crippen molar-refractivity contribution in [2.75, 3.05) is 19.6 Å². The molecule has 1 amide bonds. The first-order chi connectivity index (χ1) is 10.7. The largest absolute Gasteiger partial charge is 0.444 e. The van der Waals surface area contributed by atoms with Crippen molar-refractivity contribution in [3.05, 3.63) is 24.0 Å². The predicted octanol–water partition coefficient (Wildman–Crippen LogP) is 3.15. The Morgan fingerprint density at radius 2 is 2.00 bits per heavy atom. The van der Waals surface area contributed by atoms with E-state index in [1.165, 1.54) is 5.56 Å². The van der Waals surface area contributed by atoms with Crippen molar-refractivity contribution in [3.63, 3.8) is 0 Å². The topological polar surface area (TPSA) is 46.5 Å². The summed E-state index contributed by atoms with van der Waals surface area (Å²) in [7, 11) is 2.04. The molecule has 1 aromatic heterocycles. The van der Waals surface area contributed by atoms with Gasteiger partial charge in [-0.25, -0.2) is 4.79 Å². The molecule has 1 N–H and O–H groups in total. The molecule has 0 aromatic carbocycles. The lowest BCUT2D eigenvalue weighted by molar-refractivity contribution is 0.0119. The molecule has 0 bridgehead atoms. The second kappa shape index (κ2) is 6.95. The van der Waals surface area contributed by atoms with Gasteiger partial charge in [-0.3, -0.25) is 0 Å². The average Bonchev–Trinajstić information content (AvgIpc) is 2.83. The van der Waals surface area contributed by atoms with E-state index in [0.717, 1.165) is 39.0 Å². The lowest BCUT2D eigenvalue weighted by Gasteiger charge is -2.39. The van der Waals surface area contributed by atoms with Gasteiger partial charge in [0, 0.05) is 45.6 Å². The van der Waals surface area contributed by atoms with E-state index in [1.54, 1.807) is 0 Å². The number of nitrogens with zero attached hydrogens (tertiary/aromatic N) is 2. The third kappa shape index (κ3) is 5.57. The number of hydrogen-bond donors (Lipinski definition) is 1. The summed E-state index contributed by atoms with van der Waals surface area (Å²) in [5.41, 5.74) is 1.13. The molecule has 5 nitrogen and oxygen atoms in total. The van der Waals surface area contributed by atoms with Gasteiger partial charge in [0.15, 0.2) is 0 Å². The SMILES string of the molecule is Cn1ccc(CNCC2(C)CCN(C(=O)OC(C)(C)C)CC2)c1. The minimum absolute atomic E-state index is 0.184. The highest BCUT2D eigenvalue weighted by molar-refractivity contribution is 5.68. The molecule has 1 saturated heterocycles. The highest BCUT2D eigenvalue weighted by Gasteiger charge is 2.33. The smallest absolute Gasteiger partial charge is 0.410 e. The van der Waals surface area contributed by atoms with Crippen molar-refractivity contribution in [2.45, 2.75) is 52.7 Å². The Labute approximate surface area is 140 Å². The fraction of sp³-hybridized carbons (Fsp3) is 0.722. The number of carbonyl (C=O) groups excluding carboxylic acids is 1. The summed E-state index contributed by atoms with van der Waals surface area (Å²) < 4.78 is 7.52. The maximum atomic E-state index is 12.1. The molecule has 0 aliphatic carbocycles. The Bertz CT molecular complexity index is 523. The van der Waals surface area contributed by atoms with Gasteiger partial charge in [-0.05, 0) is 50.7 Å². The standard InChI is InChI=1S/C18H31N3O2/c1-17(2,3)23-16(22)21-10-7-18(4,8-11-21)14-19-12-15-6-9-20(5)13-15/h6,9,13,19H,7-8,10-12,14H2,1-5H3. The van der Waals surface area contributed by atoms with Crippen molar-refractivity contribution in [1.82, 2.24) is 14.8 Å². The van der Waals surface area contributed by atoms with Crippen molar-refractivity contribution in [2.24, 2.45) is 12.5 Å². The van der Waals surface area contributed by atoms with Crippen LogP contribution in [0.2, 0.25) is 0 Å². The number of nitrogens with one attached hydrogen (secondary N) is 1. The van der Waals surface area contributed by atoms with E-state index in [1.807, 2.05) is 32.7 Å². The number of amides is 1. The van der Waals surface area contributed by atoms with Crippen LogP contribution in [0.25, 0.3) is 0 Å².